The lowest BCUT2D eigenvalue weighted by atomic mass is 9.77. The van der Waals surface area contributed by atoms with Gasteiger partial charge in [0.05, 0.1) is 23.8 Å². The molecule has 2 aliphatic rings. The molecule has 0 spiro atoms. The molecule has 4 heterocycles. The van der Waals surface area contributed by atoms with Crippen LogP contribution in [0.25, 0.3) is 10.4 Å². The number of carbonyl (C=O) groups excluding carboxylic acids is 1. The number of aliphatic hydroxyl groups is 1. The van der Waals surface area contributed by atoms with E-state index in [1.807, 2.05) is 6.92 Å². The average Bonchev–Trinajstić information content (AvgIpc) is 3.17. The molecule has 2 aliphatic heterocycles. The predicted octanol–water partition coefficient (Wildman–Crippen LogP) is 0.452. The van der Waals surface area contributed by atoms with Crippen LogP contribution in [0.15, 0.2) is 22.4 Å². The van der Waals surface area contributed by atoms with Crippen LogP contribution in [0, 0.1) is 11.8 Å². The number of aliphatic carboxylic acids is 1. The van der Waals surface area contributed by atoms with Crippen LogP contribution in [0.5, 0.6) is 0 Å². The minimum atomic E-state index is -3.53. The first kappa shape index (κ1) is 18.1. The first-order valence-electron chi connectivity index (χ1n) is 8.19. The normalized spacial score (nSPS) is 26.4. The molecule has 1 amide bonds. The van der Waals surface area contributed by atoms with Crippen LogP contribution in [0.3, 0.4) is 0 Å². The second-order valence-corrected chi connectivity index (χ2v) is 9.73. The van der Waals surface area contributed by atoms with Crippen LogP contribution < -0.4 is 0 Å². The number of amides is 1. The SMILES string of the molecule is C[C@@H](O)[C@H]1C(=O)N2C(C(=O)O)=C(c3csc4c(S(C)(=O)=O)ncn34)[C@H](C)[C@H]12. The Morgan fingerprint density at radius 1 is 1.41 bits per heavy atom. The molecule has 4 rings (SSSR count). The van der Waals surface area contributed by atoms with Gasteiger partial charge in [-0.15, -0.1) is 11.3 Å². The van der Waals surface area contributed by atoms with Gasteiger partial charge in [-0.05, 0) is 6.92 Å². The number of thiazole rings is 1. The fourth-order valence-corrected chi connectivity index (χ4v) is 6.25. The molecule has 4 atom stereocenters. The summed E-state index contributed by atoms with van der Waals surface area (Å²) in [5.74, 6) is -2.65. The number of β-lactam (4-membered cyclic amide) rings is 1. The summed E-state index contributed by atoms with van der Waals surface area (Å²) in [5, 5.41) is 21.3. The van der Waals surface area contributed by atoms with Gasteiger partial charge in [-0.3, -0.25) is 9.20 Å². The maximum Gasteiger partial charge on any atom is 0.352 e. The molecule has 0 saturated carbocycles. The largest absolute Gasteiger partial charge is 0.477 e. The molecular formula is C16H17N3O6S2. The average molecular weight is 411 g/mol. The summed E-state index contributed by atoms with van der Waals surface area (Å²) in [6, 6.07) is -0.438. The van der Waals surface area contributed by atoms with Crippen LogP contribution in [0.1, 0.15) is 19.5 Å². The Morgan fingerprint density at radius 3 is 2.63 bits per heavy atom. The van der Waals surface area contributed by atoms with Gasteiger partial charge in [0.15, 0.2) is 14.9 Å². The molecule has 0 bridgehead atoms. The smallest absolute Gasteiger partial charge is 0.352 e. The number of carboxylic acid groups (broad SMARTS) is 1. The third-order valence-corrected chi connectivity index (χ3v) is 7.32. The van der Waals surface area contributed by atoms with E-state index in [0.29, 0.717) is 16.1 Å². The van der Waals surface area contributed by atoms with Crippen molar-refractivity contribution in [1.82, 2.24) is 14.3 Å². The number of imidazole rings is 1. The van der Waals surface area contributed by atoms with Crippen molar-refractivity contribution in [3.8, 4) is 0 Å². The molecule has 2 N–H and O–H groups in total. The zero-order valence-corrected chi connectivity index (χ0v) is 16.3. The Labute approximate surface area is 158 Å². The van der Waals surface area contributed by atoms with Crippen molar-refractivity contribution >= 4 is 43.5 Å². The summed E-state index contributed by atoms with van der Waals surface area (Å²) in [7, 11) is -3.53. The van der Waals surface area contributed by atoms with E-state index in [0.717, 1.165) is 17.6 Å². The molecule has 9 nitrogen and oxygen atoms in total. The van der Waals surface area contributed by atoms with E-state index < -0.39 is 39.8 Å². The monoisotopic (exact) mass is 411 g/mol. The first-order valence-corrected chi connectivity index (χ1v) is 11.0. The molecular weight excluding hydrogens is 394 g/mol. The van der Waals surface area contributed by atoms with Gasteiger partial charge in [-0.2, -0.15) is 0 Å². The van der Waals surface area contributed by atoms with E-state index in [4.69, 9.17) is 0 Å². The molecule has 11 heteroatoms. The number of carbonyl (C=O) groups is 2. The van der Waals surface area contributed by atoms with Gasteiger partial charge >= 0.3 is 5.97 Å². The highest BCUT2D eigenvalue weighted by molar-refractivity contribution is 7.91. The summed E-state index contributed by atoms with van der Waals surface area (Å²) in [5.41, 5.74) is 0.810. The summed E-state index contributed by atoms with van der Waals surface area (Å²) < 4.78 is 25.3. The number of nitrogens with zero attached hydrogens (tertiary/aromatic N) is 3. The molecule has 0 unspecified atom stereocenters. The molecule has 27 heavy (non-hydrogen) atoms. The fraction of sp³-hybridized carbons (Fsp3) is 0.438. The van der Waals surface area contributed by atoms with Crippen molar-refractivity contribution < 1.29 is 28.2 Å². The topological polar surface area (TPSA) is 129 Å². The third-order valence-electron chi connectivity index (χ3n) is 5.24. The number of aromatic nitrogens is 2. The van der Waals surface area contributed by atoms with Crippen molar-refractivity contribution in [2.24, 2.45) is 11.8 Å². The van der Waals surface area contributed by atoms with Gasteiger partial charge in [0.25, 0.3) is 0 Å². The van der Waals surface area contributed by atoms with Gasteiger partial charge in [-0.25, -0.2) is 18.2 Å². The summed E-state index contributed by atoms with van der Waals surface area (Å²) in [6.07, 6.45) is 1.52. The Hall–Kier alpha value is -2.24. The van der Waals surface area contributed by atoms with Crippen molar-refractivity contribution in [2.45, 2.75) is 31.0 Å². The van der Waals surface area contributed by atoms with E-state index >= 15 is 0 Å². The third kappa shape index (κ3) is 2.31. The lowest BCUT2D eigenvalue weighted by Gasteiger charge is -2.46. The Bertz CT molecular complexity index is 1130. The number of aliphatic hydroxyl groups excluding tert-OH is 1. The van der Waals surface area contributed by atoms with Crippen LogP contribution in [-0.2, 0) is 19.4 Å². The minimum absolute atomic E-state index is 0.0666. The van der Waals surface area contributed by atoms with Gasteiger partial charge < -0.3 is 15.1 Å². The molecule has 0 radical (unpaired) electrons. The highest BCUT2D eigenvalue weighted by Gasteiger charge is 2.60. The standard InChI is InChI=1S/C16H17N3O6S2/c1-6-9(8-4-26-15-13(27(3,24)25)17-5-18(8)15)12(16(22)23)19-11(6)10(7(2)20)14(19)21/h4-7,10-11,20H,1-3H3,(H,22,23)/t6-,7+,10+,11+/m0/s1. The highest BCUT2D eigenvalue weighted by atomic mass is 32.2. The number of carboxylic acids is 1. The second-order valence-electron chi connectivity index (χ2n) is 6.94. The number of fused-ring (bicyclic) bond motifs is 2. The van der Waals surface area contributed by atoms with E-state index in [-0.39, 0.29) is 16.6 Å². The maximum atomic E-state index is 12.4. The number of rotatable bonds is 4. The Morgan fingerprint density at radius 2 is 2.07 bits per heavy atom. The van der Waals surface area contributed by atoms with Crippen LogP contribution in [0.2, 0.25) is 0 Å². The van der Waals surface area contributed by atoms with Crippen molar-refractivity contribution in [1.29, 1.82) is 0 Å². The molecule has 0 aromatic carbocycles. The fourth-order valence-electron chi connectivity index (χ4n) is 4.12. The lowest BCUT2D eigenvalue weighted by Crippen LogP contribution is -2.63. The molecule has 0 aliphatic carbocycles. The van der Waals surface area contributed by atoms with Gasteiger partial charge in [0.2, 0.25) is 5.91 Å². The van der Waals surface area contributed by atoms with E-state index in [9.17, 15) is 28.2 Å². The van der Waals surface area contributed by atoms with Gasteiger partial charge in [0.1, 0.15) is 16.9 Å². The lowest BCUT2D eigenvalue weighted by molar-refractivity contribution is -0.163. The minimum Gasteiger partial charge on any atom is -0.477 e. The maximum absolute atomic E-state index is 12.4. The number of sulfone groups is 1. The van der Waals surface area contributed by atoms with Crippen molar-refractivity contribution in [2.75, 3.05) is 6.26 Å². The van der Waals surface area contributed by atoms with E-state index in [1.54, 1.807) is 9.78 Å². The molecule has 2 aromatic rings. The summed E-state index contributed by atoms with van der Waals surface area (Å²) >= 11 is 1.15. The zero-order valence-electron chi connectivity index (χ0n) is 14.6. The van der Waals surface area contributed by atoms with Crippen molar-refractivity contribution in [3.05, 3.63) is 23.1 Å². The van der Waals surface area contributed by atoms with Crippen LogP contribution >= 0.6 is 11.3 Å². The Kier molecular flexibility index (Phi) is 3.78. The number of hydrogen-bond donors (Lipinski definition) is 2. The highest BCUT2D eigenvalue weighted by Crippen LogP contribution is 2.51. The second kappa shape index (κ2) is 5.63. The molecule has 2 aromatic heterocycles. The molecule has 1 saturated heterocycles. The number of hydrogen-bond acceptors (Lipinski definition) is 7. The van der Waals surface area contributed by atoms with E-state index in [1.165, 1.54) is 18.2 Å². The van der Waals surface area contributed by atoms with Crippen LogP contribution in [0.4, 0.5) is 0 Å². The molecule has 144 valence electrons. The van der Waals surface area contributed by atoms with Crippen molar-refractivity contribution in [3.63, 3.8) is 0 Å². The Balaban J connectivity index is 1.91. The first-order chi connectivity index (χ1) is 12.6. The van der Waals surface area contributed by atoms with Crippen LogP contribution in [-0.4, -0.2) is 63.2 Å². The van der Waals surface area contributed by atoms with Gasteiger partial charge in [-0.1, -0.05) is 6.92 Å². The predicted molar refractivity (Wildman–Crippen MR) is 95.7 cm³/mol. The quantitative estimate of drug-likeness (QED) is 0.699. The summed E-state index contributed by atoms with van der Waals surface area (Å²) in [4.78, 5) is 30.0. The van der Waals surface area contributed by atoms with Gasteiger partial charge in [0, 0.05) is 23.1 Å². The van der Waals surface area contributed by atoms with E-state index in [2.05, 4.69) is 4.98 Å². The summed E-state index contributed by atoms with van der Waals surface area (Å²) in [6.45, 7) is 3.32. The molecule has 1 fully saturated rings. The zero-order chi connectivity index (χ0) is 19.8.